The molecular weight excluding hydrogens is 310 g/mol. The van der Waals surface area contributed by atoms with Gasteiger partial charge in [-0.2, -0.15) is 0 Å². The Kier molecular flexibility index (Phi) is 3.38. The predicted octanol–water partition coefficient (Wildman–Crippen LogP) is 2.31. The smallest absolute Gasteiger partial charge is 0.256 e. The highest BCUT2D eigenvalue weighted by Crippen LogP contribution is 2.28. The fourth-order valence-corrected chi connectivity index (χ4v) is 3.79. The van der Waals surface area contributed by atoms with Gasteiger partial charge in [0.25, 0.3) is 5.91 Å². The van der Waals surface area contributed by atoms with Crippen LogP contribution < -0.4 is 5.32 Å². The Morgan fingerprint density at radius 3 is 2.96 bits per heavy atom. The zero-order valence-corrected chi connectivity index (χ0v) is 13.1. The highest BCUT2D eigenvalue weighted by atomic mass is 32.1. The Hall–Kier alpha value is -2.60. The van der Waals surface area contributed by atoms with Crippen LogP contribution in [0.4, 0.5) is 0 Å². The van der Waals surface area contributed by atoms with Gasteiger partial charge < -0.3 is 14.6 Å². The van der Waals surface area contributed by atoms with Gasteiger partial charge in [-0.25, -0.2) is 0 Å². The van der Waals surface area contributed by atoms with E-state index >= 15 is 0 Å². The second-order valence-corrected chi connectivity index (χ2v) is 6.45. The molecule has 1 aliphatic rings. The van der Waals surface area contributed by atoms with Gasteiger partial charge in [-0.05, 0) is 29.6 Å². The van der Waals surface area contributed by atoms with Gasteiger partial charge >= 0.3 is 0 Å². The third kappa shape index (κ3) is 2.41. The van der Waals surface area contributed by atoms with Crippen LogP contribution in [0.25, 0.3) is 5.52 Å². The van der Waals surface area contributed by atoms with E-state index in [2.05, 4.69) is 5.32 Å². The lowest BCUT2D eigenvalue weighted by atomic mass is 10.1. The van der Waals surface area contributed by atoms with Crippen molar-refractivity contribution in [2.24, 2.45) is 0 Å². The molecule has 2 amide bonds. The lowest BCUT2D eigenvalue weighted by molar-refractivity contribution is -0.127. The maximum absolute atomic E-state index is 13.0. The van der Waals surface area contributed by atoms with E-state index in [0.717, 1.165) is 10.4 Å². The van der Waals surface area contributed by atoms with Crippen LogP contribution in [0.5, 0.6) is 0 Å². The van der Waals surface area contributed by atoms with E-state index < -0.39 is 6.04 Å². The van der Waals surface area contributed by atoms with Gasteiger partial charge in [-0.1, -0.05) is 12.1 Å². The number of pyridine rings is 1. The van der Waals surface area contributed by atoms with Crippen molar-refractivity contribution in [2.45, 2.75) is 6.04 Å². The SMILES string of the molecule is O=C1NCCN(C(=O)c2cc3ccccn3c2)[C@H]1c1cccs1. The minimum Gasteiger partial charge on any atom is -0.352 e. The summed E-state index contributed by atoms with van der Waals surface area (Å²) < 4.78 is 1.91. The first-order valence-corrected chi connectivity index (χ1v) is 8.31. The molecule has 0 radical (unpaired) electrons. The van der Waals surface area contributed by atoms with Crippen LogP contribution >= 0.6 is 11.3 Å². The molecule has 1 N–H and O–H groups in total. The molecule has 1 saturated heterocycles. The number of carbonyl (C=O) groups is 2. The molecule has 3 aromatic rings. The molecule has 0 unspecified atom stereocenters. The van der Waals surface area contributed by atoms with E-state index in [0.29, 0.717) is 18.7 Å². The van der Waals surface area contributed by atoms with Crippen molar-refractivity contribution < 1.29 is 9.59 Å². The number of hydrogen-bond acceptors (Lipinski definition) is 3. The molecule has 116 valence electrons. The van der Waals surface area contributed by atoms with Crippen LogP contribution in [0.1, 0.15) is 21.3 Å². The molecule has 23 heavy (non-hydrogen) atoms. The number of rotatable bonds is 2. The number of amides is 2. The summed E-state index contributed by atoms with van der Waals surface area (Å²) in [4.78, 5) is 27.8. The Bertz CT molecular complexity index is 836. The van der Waals surface area contributed by atoms with E-state index in [-0.39, 0.29) is 11.8 Å². The van der Waals surface area contributed by atoms with Crippen molar-refractivity contribution in [2.75, 3.05) is 13.1 Å². The van der Waals surface area contributed by atoms with Gasteiger partial charge in [-0.15, -0.1) is 11.3 Å². The lowest BCUT2D eigenvalue weighted by Gasteiger charge is -2.34. The minimum atomic E-state index is -0.542. The average Bonchev–Trinajstić information content (AvgIpc) is 3.23. The normalized spacial score (nSPS) is 18.2. The first-order valence-electron chi connectivity index (χ1n) is 7.43. The largest absolute Gasteiger partial charge is 0.352 e. The summed E-state index contributed by atoms with van der Waals surface area (Å²) >= 11 is 1.49. The zero-order valence-electron chi connectivity index (χ0n) is 12.3. The number of carbonyl (C=O) groups excluding carboxylic acids is 2. The molecule has 0 bridgehead atoms. The summed E-state index contributed by atoms with van der Waals surface area (Å²) in [5, 5.41) is 4.78. The molecule has 1 atom stereocenters. The fraction of sp³-hybridized carbons (Fsp3) is 0.176. The van der Waals surface area contributed by atoms with E-state index in [1.165, 1.54) is 11.3 Å². The van der Waals surface area contributed by atoms with Crippen molar-refractivity contribution in [1.29, 1.82) is 0 Å². The number of nitrogens with zero attached hydrogens (tertiary/aromatic N) is 2. The Balaban J connectivity index is 1.71. The van der Waals surface area contributed by atoms with Gasteiger partial charge in [0.05, 0.1) is 5.56 Å². The summed E-state index contributed by atoms with van der Waals surface area (Å²) in [6.45, 7) is 0.999. The van der Waals surface area contributed by atoms with E-state index in [9.17, 15) is 9.59 Å². The van der Waals surface area contributed by atoms with Gasteiger partial charge in [0.1, 0.15) is 6.04 Å². The molecule has 4 rings (SSSR count). The lowest BCUT2D eigenvalue weighted by Crippen LogP contribution is -2.51. The maximum atomic E-state index is 13.0. The summed E-state index contributed by atoms with van der Waals surface area (Å²) in [5.41, 5.74) is 1.57. The van der Waals surface area contributed by atoms with Gasteiger partial charge in [-0.3, -0.25) is 9.59 Å². The van der Waals surface area contributed by atoms with E-state index in [4.69, 9.17) is 0 Å². The van der Waals surface area contributed by atoms with Crippen LogP contribution in [-0.2, 0) is 4.79 Å². The Morgan fingerprint density at radius 1 is 1.26 bits per heavy atom. The molecule has 0 aromatic carbocycles. The second kappa shape index (κ2) is 5.55. The predicted molar refractivity (Wildman–Crippen MR) is 88.5 cm³/mol. The number of aromatic nitrogens is 1. The Morgan fingerprint density at radius 2 is 2.17 bits per heavy atom. The molecule has 4 heterocycles. The van der Waals surface area contributed by atoms with Crippen LogP contribution in [0.2, 0.25) is 0 Å². The molecule has 5 nitrogen and oxygen atoms in total. The summed E-state index contributed by atoms with van der Waals surface area (Å²) in [5.74, 6) is -0.224. The van der Waals surface area contributed by atoms with Crippen molar-refractivity contribution in [1.82, 2.24) is 14.6 Å². The average molecular weight is 325 g/mol. The second-order valence-electron chi connectivity index (χ2n) is 5.47. The third-order valence-corrected chi connectivity index (χ3v) is 4.96. The summed E-state index contributed by atoms with van der Waals surface area (Å²) in [7, 11) is 0. The van der Waals surface area contributed by atoms with E-state index in [1.807, 2.05) is 58.6 Å². The van der Waals surface area contributed by atoms with Crippen molar-refractivity contribution in [3.8, 4) is 0 Å². The van der Waals surface area contributed by atoms with Crippen LogP contribution in [-0.4, -0.2) is 34.2 Å². The van der Waals surface area contributed by atoms with E-state index in [1.54, 1.807) is 4.90 Å². The number of fused-ring (bicyclic) bond motifs is 1. The monoisotopic (exact) mass is 325 g/mol. The quantitative estimate of drug-likeness (QED) is 0.786. The zero-order chi connectivity index (χ0) is 15.8. The molecule has 6 heteroatoms. The first kappa shape index (κ1) is 14.0. The number of piperazine rings is 1. The summed E-state index contributed by atoms with van der Waals surface area (Å²) in [6, 6.07) is 10.9. The number of nitrogens with one attached hydrogen (secondary N) is 1. The molecule has 0 spiro atoms. The summed E-state index contributed by atoms with van der Waals surface area (Å²) in [6.07, 6.45) is 3.72. The first-order chi connectivity index (χ1) is 11.2. The molecule has 1 fully saturated rings. The van der Waals surface area contributed by atoms with Crippen molar-refractivity contribution in [3.63, 3.8) is 0 Å². The van der Waals surface area contributed by atoms with Crippen molar-refractivity contribution >= 4 is 28.7 Å². The van der Waals surface area contributed by atoms with Gasteiger partial charge in [0, 0.05) is 35.9 Å². The van der Waals surface area contributed by atoms with Crippen molar-refractivity contribution in [3.05, 3.63) is 64.6 Å². The molecular formula is C17H15N3O2S. The maximum Gasteiger partial charge on any atom is 0.256 e. The topological polar surface area (TPSA) is 53.8 Å². The molecule has 1 aliphatic heterocycles. The van der Waals surface area contributed by atoms with Gasteiger partial charge in [0.2, 0.25) is 5.91 Å². The number of hydrogen-bond donors (Lipinski definition) is 1. The molecule has 0 aliphatic carbocycles. The Labute approximate surface area is 137 Å². The minimum absolute atomic E-state index is 0.109. The van der Waals surface area contributed by atoms with Crippen LogP contribution in [0.15, 0.2) is 54.2 Å². The highest BCUT2D eigenvalue weighted by molar-refractivity contribution is 7.10. The van der Waals surface area contributed by atoms with Gasteiger partial charge in [0.15, 0.2) is 0 Å². The highest BCUT2D eigenvalue weighted by Gasteiger charge is 2.35. The van der Waals surface area contributed by atoms with Crippen LogP contribution in [0, 0.1) is 0 Å². The number of thiophene rings is 1. The fourth-order valence-electron chi connectivity index (χ4n) is 2.95. The molecule has 0 saturated carbocycles. The third-order valence-electron chi connectivity index (χ3n) is 4.04. The van der Waals surface area contributed by atoms with Crippen LogP contribution in [0.3, 0.4) is 0 Å². The standard InChI is InChI=1S/C17H15N3O2S/c21-16-15(14-5-3-9-23-14)20(8-6-18-16)17(22)12-10-13-4-1-2-7-19(13)11-12/h1-5,7,9-11,15H,6,8H2,(H,18,21)/t15-/m0/s1. The molecule has 3 aromatic heterocycles.